The van der Waals surface area contributed by atoms with Gasteiger partial charge in [0.2, 0.25) is 0 Å². The summed E-state index contributed by atoms with van der Waals surface area (Å²) in [7, 11) is 3.94. The number of aliphatic hydroxyl groups is 1. The molecule has 2 atom stereocenters. The Hall–Kier alpha value is -1.77. The van der Waals surface area contributed by atoms with E-state index in [-0.39, 0.29) is 18.1 Å². The maximum absolute atomic E-state index is 12.3. The number of hydrogen-bond donors (Lipinski definition) is 2. The van der Waals surface area contributed by atoms with E-state index < -0.39 is 0 Å². The molecule has 0 saturated heterocycles. The lowest BCUT2D eigenvalue weighted by atomic mass is 9.92. The van der Waals surface area contributed by atoms with Crippen LogP contribution >= 0.6 is 11.3 Å². The number of carbonyl (C=O) groups excluding carboxylic acids is 1. The number of rotatable bonds is 6. The van der Waals surface area contributed by atoms with Gasteiger partial charge in [-0.2, -0.15) is 0 Å². The van der Waals surface area contributed by atoms with Crippen molar-refractivity contribution in [1.29, 1.82) is 0 Å². The first-order valence-electron chi connectivity index (χ1n) is 9.47. The zero-order chi connectivity index (χ0) is 19.6. The molecule has 8 heteroatoms. The molecule has 0 aromatic carbocycles. The number of carbonyl (C=O) groups is 1. The molecule has 2 aromatic rings. The Morgan fingerprint density at radius 2 is 2.07 bits per heavy atom. The number of anilines is 1. The smallest absolute Gasteiger partial charge is 0.348 e. The predicted molar refractivity (Wildman–Crippen MR) is 107 cm³/mol. The Kier molecular flexibility index (Phi) is 6.29. The van der Waals surface area contributed by atoms with Crippen LogP contribution in [0.15, 0.2) is 0 Å². The zero-order valence-electron chi connectivity index (χ0n) is 16.4. The van der Waals surface area contributed by atoms with Crippen LogP contribution in [0.1, 0.15) is 53.7 Å². The molecular formula is C19H28N4O3S. The number of hydrogen-bond acceptors (Lipinski definition) is 8. The van der Waals surface area contributed by atoms with Crippen LogP contribution in [0.25, 0.3) is 10.2 Å². The van der Waals surface area contributed by atoms with Gasteiger partial charge in [0.1, 0.15) is 21.3 Å². The molecular weight excluding hydrogens is 364 g/mol. The summed E-state index contributed by atoms with van der Waals surface area (Å²) in [5.41, 5.74) is 0.831. The van der Waals surface area contributed by atoms with Crippen molar-refractivity contribution in [2.75, 3.05) is 26.0 Å². The largest absolute Gasteiger partial charge is 0.462 e. The van der Waals surface area contributed by atoms with E-state index in [1.165, 1.54) is 11.3 Å². The first-order chi connectivity index (χ1) is 12.9. The van der Waals surface area contributed by atoms with Crippen molar-refractivity contribution < 1.29 is 14.6 Å². The third-order valence-corrected chi connectivity index (χ3v) is 5.97. The van der Waals surface area contributed by atoms with Crippen LogP contribution in [0.3, 0.4) is 0 Å². The molecule has 0 amide bonds. The van der Waals surface area contributed by atoms with Crippen molar-refractivity contribution in [3.63, 3.8) is 0 Å². The number of aromatic nitrogens is 2. The topological polar surface area (TPSA) is 87.6 Å². The Labute approximate surface area is 163 Å². The third-order valence-electron chi connectivity index (χ3n) is 4.81. The molecule has 3 rings (SSSR count). The van der Waals surface area contributed by atoms with Crippen LogP contribution in [0, 0.1) is 6.92 Å². The number of fused-ring (bicyclic) bond motifs is 1. The predicted octanol–water partition coefficient (Wildman–Crippen LogP) is 2.95. The van der Waals surface area contributed by atoms with Gasteiger partial charge in [-0.3, -0.25) is 0 Å². The fourth-order valence-corrected chi connectivity index (χ4v) is 4.58. The Bertz CT molecular complexity index is 821. The van der Waals surface area contributed by atoms with Crippen LogP contribution in [-0.4, -0.2) is 58.8 Å². The maximum Gasteiger partial charge on any atom is 0.348 e. The van der Waals surface area contributed by atoms with Gasteiger partial charge in [0.25, 0.3) is 0 Å². The van der Waals surface area contributed by atoms with Gasteiger partial charge >= 0.3 is 5.97 Å². The summed E-state index contributed by atoms with van der Waals surface area (Å²) < 4.78 is 5.19. The maximum atomic E-state index is 12.3. The van der Waals surface area contributed by atoms with Crippen LogP contribution < -0.4 is 5.32 Å². The molecule has 1 aliphatic carbocycles. The molecule has 0 radical (unpaired) electrons. The number of aliphatic hydroxyl groups excluding tert-OH is 1. The van der Waals surface area contributed by atoms with Gasteiger partial charge in [-0.15, -0.1) is 11.3 Å². The Morgan fingerprint density at radius 3 is 2.74 bits per heavy atom. The molecule has 1 aliphatic rings. The van der Waals surface area contributed by atoms with E-state index in [9.17, 15) is 9.90 Å². The normalized spacial score (nSPS) is 20.2. The molecule has 0 aliphatic heterocycles. The fourth-order valence-electron chi connectivity index (χ4n) is 3.49. The second kappa shape index (κ2) is 8.50. The minimum atomic E-state index is -0.385. The highest BCUT2D eigenvalue weighted by atomic mass is 32.1. The van der Waals surface area contributed by atoms with Gasteiger partial charge in [0.15, 0.2) is 0 Å². The number of ether oxygens (including phenoxy) is 1. The summed E-state index contributed by atoms with van der Waals surface area (Å²) in [6, 6.07) is -0.0330. The van der Waals surface area contributed by atoms with E-state index >= 15 is 0 Å². The summed E-state index contributed by atoms with van der Waals surface area (Å²) in [5, 5.41) is 14.7. The van der Waals surface area contributed by atoms with Crippen molar-refractivity contribution in [2.24, 2.45) is 0 Å². The Balaban J connectivity index is 2.05. The standard InChI is InChI=1S/C19H28N4O3S/c1-5-26-19(25)16-11(2)15-17(20-12-8-6-7-9-13(12)24)21-14(10-23(3)4)22-18(15)27-16/h12-13,24H,5-10H2,1-4H3,(H,20,21,22)/t12-,13-/m0/s1. The minimum absolute atomic E-state index is 0.0330. The zero-order valence-corrected chi connectivity index (χ0v) is 17.2. The summed E-state index contributed by atoms with van der Waals surface area (Å²) in [5.74, 6) is 1.07. The monoisotopic (exact) mass is 392 g/mol. The molecule has 2 aromatic heterocycles. The van der Waals surface area contributed by atoms with Crippen molar-refractivity contribution in [3.8, 4) is 0 Å². The highest BCUT2D eigenvalue weighted by molar-refractivity contribution is 7.20. The van der Waals surface area contributed by atoms with Crippen LogP contribution in [0.5, 0.6) is 0 Å². The highest BCUT2D eigenvalue weighted by Gasteiger charge is 2.26. The molecule has 1 saturated carbocycles. The van der Waals surface area contributed by atoms with Gasteiger partial charge in [-0.25, -0.2) is 14.8 Å². The van der Waals surface area contributed by atoms with E-state index in [2.05, 4.69) is 10.3 Å². The average molecular weight is 393 g/mol. The highest BCUT2D eigenvalue weighted by Crippen LogP contribution is 2.35. The van der Waals surface area contributed by atoms with E-state index in [1.54, 1.807) is 6.92 Å². The number of thiophene rings is 1. The molecule has 148 valence electrons. The molecule has 0 bridgehead atoms. The number of nitrogens with zero attached hydrogens (tertiary/aromatic N) is 3. The van der Waals surface area contributed by atoms with Crippen molar-refractivity contribution in [1.82, 2.24) is 14.9 Å². The molecule has 7 nitrogen and oxygen atoms in total. The minimum Gasteiger partial charge on any atom is -0.462 e. The number of aryl methyl sites for hydroxylation is 1. The fraction of sp³-hybridized carbons (Fsp3) is 0.632. The van der Waals surface area contributed by atoms with E-state index in [0.717, 1.165) is 41.5 Å². The van der Waals surface area contributed by atoms with Crippen molar-refractivity contribution in [3.05, 3.63) is 16.3 Å². The number of nitrogens with one attached hydrogen (secondary N) is 1. The molecule has 2 heterocycles. The lowest BCUT2D eigenvalue weighted by Crippen LogP contribution is -2.36. The van der Waals surface area contributed by atoms with Crippen LogP contribution in [-0.2, 0) is 11.3 Å². The molecule has 1 fully saturated rings. The quantitative estimate of drug-likeness (QED) is 0.731. The molecule has 27 heavy (non-hydrogen) atoms. The summed E-state index contributed by atoms with van der Waals surface area (Å²) in [6.45, 7) is 4.64. The van der Waals surface area contributed by atoms with E-state index in [1.807, 2.05) is 25.9 Å². The van der Waals surface area contributed by atoms with Crippen LogP contribution in [0.2, 0.25) is 0 Å². The SMILES string of the molecule is CCOC(=O)c1sc2nc(CN(C)C)nc(N[C@H]3CCCC[C@@H]3O)c2c1C. The summed E-state index contributed by atoms with van der Waals surface area (Å²) in [4.78, 5) is 25.1. The molecule has 2 N–H and O–H groups in total. The molecule has 0 unspecified atom stereocenters. The molecule has 0 spiro atoms. The van der Waals surface area contributed by atoms with Gasteiger partial charge in [-0.1, -0.05) is 12.8 Å². The van der Waals surface area contributed by atoms with Gasteiger partial charge in [0, 0.05) is 0 Å². The van der Waals surface area contributed by atoms with Crippen molar-refractivity contribution in [2.45, 2.75) is 58.2 Å². The van der Waals surface area contributed by atoms with Crippen LogP contribution in [0.4, 0.5) is 5.82 Å². The van der Waals surface area contributed by atoms with Crippen molar-refractivity contribution >= 4 is 33.3 Å². The third kappa shape index (κ3) is 4.39. The van der Waals surface area contributed by atoms with Gasteiger partial charge in [-0.05, 0) is 46.3 Å². The summed E-state index contributed by atoms with van der Waals surface area (Å²) in [6.07, 6.45) is 3.46. The van der Waals surface area contributed by atoms with Gasteiger partial charge < -0.3 is 20.1 Å². The Morgan fingerprint density at radius 1 is 1.33 bits per heavy atom. The second-order valence-corrected chi connectivity index (χ2v) is 8.28. The van der Waals surface area contributed by atoms with E-state index in [4.69, 9.17) is 9.72 Å². The second-order valence-electron chi connectivity index (χ2n) is 7.29. The number of esters is 1. The summed E-state index contributed by atoms with van der Waals surface area (Å²) >= 11 is 1.34. The van der Waals surface area contributed by atoms with Gasteiger partial charge in [0.05, 0.1) is 30.7 Å². The first-order valence-corrected chi connectivity index (χ1v) is 10.3. The van der Waals surface area contributed by atoms with E-state index in [0.29, 0.717) is 29.7 Å². The lowest BCUT2D eigenvalue weighted by Gasteiger charge is -2.29. The first kappa shape index (κ1) is 20.0. The average Bonchev–Trinajstić information content (AvgIpc) is 2.93. The lowest BCUT2D eigenvalue weighted by molar-refractivity contribution is 0.0531.